The Balaban J connectivity index is 1.91. The molecule has 1 N–H and O–H groups in total. The van der Waals surface area contributed by atoms with Crippen LogP contribution >= 0.6 is 0 Å². The third-order valence-corrected chi connectivity index (χ3v) is 3.94. The van der Waals surface area contributed by atoms with Gasteiger partial charge in [0.1, 0.15) is 17.6 Å². The molecule has 2 aliphatic carbocycles. The number of nitrogens with zero attached hydrogens (tertiary/aromatic N) is 3. The highest BCUT2D eigenvalue weighted by Crippen LogP contribution is 2.36. The minimum Gasteiger partial charge on any atom is -0.478 e. The van der Waals surface area contributed by atoms with E-state index < -0.39 is 10.9 Å². The molecule has 0 spiro atoms. The number of anilines is 1. The number of aromatic nitrogens is 1. The Kier molecular flexibility index (Phi) is 3.48. The second-order valence-corrected chi connectivity index (χ2v) is 5.92. The fourth-order valence-corrected chi connectivity index (χ4v) is 2.43. The smallest absolute Gasteiger partial charge is 0.339 e. The molecule has 0 radical (unpaired) electrons. The molecule has 0 amide bonds. The molecule has 0 unspecified atom stereocenters. The van der Waals surface area contributed by atoms with Crippen molar-refractivity contribution in [3.05, 3.63) is 27.9 Å². The van der Waals surface area contributed by atoms with Crippen LogP contribution in [0.25, 0.3) is 0 Å². The molecule has 0 saturated heterocycles. The van der Waals surface area contributed by atoms with Crippen LogP contribution in [-0.4, -0.2) is 34.1 Å². The van der Waals surface area contributed by atoms with Crippen LogP contribution in [0.4, 0.5) is 11.5 Å². The van der Waals surface area contributed by atoms with Gasteiger partial charge in [-0.1, -0.05) is 0 Å². The van der Waals surface area contributed by atoms with Crippen LogP contribution in [-0.2, 0) is 0 Å². The molecule has 2 aliphatic rings. The van der Waals surface area contributed by atoms with E-state index in [4.69, 9.17) is 0 Å². The summed E-state index contributed by atoms with van der Waals surface area (Å²) in [6, 6.07) is 1.11. The number of hydrogen-bond donors (Lipinski definition) is 1. The Morgan fingerprint density at radius 2 is 1.90 bits per heavy atom. The fourth-order valence-electron chi connectivity index (χ4n) is 2.43. The second kappa shape index (κ2) is 5.31. The molecular formula is C14H17N3O4. The van der Waals surface area contributed by atoms with Gasteiger partial charge in [-0.15, -0.1) is 0 Å². The Morgan fingerprint density at radius 3 is 2.33 bits per heavy atom. The zero-order valence-corrected chi connectivity index (χ0v) is 11.6. The van der Waals surface area contributed by atoms with Crippen LogP contribution < -0.4 is 4.90 Å². The van der Waals surface area contributed by atoms with E-state index in [-0.39, 0.29) is 11.3 Å². The first kappa shape index (κ1) is 13.8. The highest BCUT2D eigenvalue weighted by Gasteiger charge is 2.32. The van der Waals surface area contributed by atoms with Gasteiger partial charge < -0.3 is 10.0 Å². The molecule has 2 fully saturated rings. The lowest BCUT2D eigenvalue weighted by molar-refractivity contribution is -0.385. The summed E-state index contributed by atoms with van der Waals surface area (Å²) >= 11 is 0. The SMILES string of the molecule is O=C(O)c1cc([N+](=O)[O-])cnc1N(CC1CC1)CC1CC1. The number of nitro groups is 1. The van der Waals surface area contributed by atoms with Crippen molar-refractivity contribution in [3.8, 4) is 0 Å². The van der Waals surface area contributed by atoms with Gasteiger partial charge in [0.15, 0.2) is 0 Å². The first-order valence-electron chi connectivity index (χ1n) is 7.17. The van der Waals surface area contributed by atoms with Crippen molar-refractivity contribution in [2.75, 3.05) is 18.0 Å². The lowest BCUT2D eigenvalue weighted by Gasteiger charge is -2.24. The first-order valence-corrected chi connectivity index (χ1v) is 7.17. The zero-order valence-electron chi connectivity index (χ0n) is 11.6. The van der Waals surface area contributed by atoms with E-state index in [1.54, 1.807) is 0 Å². The average molecular weight is 291 g/mol. The molecule has 112 valence electrons. The molecule has 1 heterocycles. The Labute approximate surface area is 121 Å². The maximum Gasteiger partial charge on any atom is 0.339 e. The van der Waals surface area contributed by atoms with Crippen LogP contribution in [0.2, 0.25) is 0 Å². The third kappa shape index (κ3) is 3.29. The number of rotatable bonds is 7. The lowest BCUT2D eigenvalue weighted by atomic mass is 10.2. The molecule has 21 heavy (non-hydrogen) atoms. The van der Waals surface area contributed by atoms with Gasteiger partial charge in [0, 0.05) is 19.2 Å². The van der Waals surface area contributed by atoms with Crippen LogP contribution in [0.1, 0.15) is 36.0 Å². The van der Waals surface area contributed by atoms with E-state index in [0.29, 0.717) is 17.7 Å². The van der Waals surface area contributed by atoms with Gasteiger partial charge in [-0.05, 0) is 37.5 Å². The summed E-state index contributed by atoms with van der Waals surface area (Å²) in [6.45, 7) is 1.59. The highest BCUT2D eigenvalue weighted by molar-refractivity contribution is 5.94. The number of aromatic carboxylic acids is 1. The summed E-state index contributed by atoms with van der Waals surface area (Å²) in [4.78, 5) is 27.7. The van der Waals surface area contributed by atoms with Crippen LogP contribution in [0.5, 0.6) is 0 Å². The average Bonchev–Trinajstić information content (AvgIpc) is 3.32. The number of pyridine rings is 1. The molecule has 7 heteroatoms. The van der Waals surface area contributed by atoms with E-state index in [2.05, 4.69) is 4.98 Å². The van der Waals surface area contributed by atoms with Gasteiger partial charge in [-0.3, -0.25) is 10.1 Å². The second-order valence-electron chi connectivity index (χ2n) is 5.92. The van der Waals surface area contributed by atoms with Crippen LogP contribution in [0.15, 0.2) is 12.3 Å². The molecule has 1 aromatic heterocycles. The van der Waals surface area contributed by atoms with Gasteiger partial charge in [0.05, 0.1) is 4.92 Å². The Hall–Kier alpha value is -2.18. The third-order valence-electron chi connectivity index (χ3n) is 3.94. The molecule has 0 atom stereocenters. The summed E-state index contributed by atoms with van der Waals surface area (Å²) in [5, 5.41) is 20.1. The predicted octanol–water partition coefficient (Wildman–Crippen LogP) is 2.31. The molecule has 2 saturated carbocycles. The van der Waals surface area contributed by atoms with Gasteiger partial charge in [0.2, 0.25) is 0 Å². The Morgan fingerprint density at radius 1 is 1.33 bits per heavy atom. The van der Waals surface area contributed by atoms with Crippen LogP contribution in [0.3, 0.4) is 0 Å². The van der Waals surface area contributed by atoms with Gasteiger partial charge >= 0.3 is 5.97 Å². The Bertz CT molecular complexity index is 568. The summed E-state index contributed by atoms with van der Waals surface area (Å²) in [5.41, 5.74) is -0.362. The van der Waals surface area contributed by atoms with E-state index >= 15 is 0 Å². The quantitative estimate of drug-likeness (QED) is 0.611. The van der Waals surface area contributed by atoms with Gasteiger partial charge in [-0.25, -0.2) is 9.78 Å². The van der Waals surface area contributed by atoms with E-state index in [0.717, 1.165) is 51.0 Å². The minimum absolute atomic E-state index is 0.0782. The van der Waals surface area contributed by atoms with Gasteiger partial charge in [0.25, 0.3) is 5.69 Å². The van der Waals surface area contributed by atoms with Crippen molar-refractivity contribution in [2.24, 2.45) is 11.8 Å². The fraction of sp³-hybridized carbons (Fsp3) is 0.571. The normalized spacial score (nSPS) is 17.5. The van der Waals surface area contributed by atoms with E-state index in [9.17, 15) is 20.0 Å². The number of hydrogen-bond acceptors (Lipinski definition) is 5. The summed E-state index contributed by atoms with van der Waals surface area (Å²) in [7, 11) is 0. The minimum atomic E-state index is -1.17. The molecule has 1 aromatic rings. The maximum absolute atomic E-state index is 11.4. The molecule has 7 nitrogen and oxygen atoms in total. The summed E-state index contributed by atoms with van der Waals surface area (Å²) in [5.74, 6) is 0.398. The van der Waals surface area contributed by atoms with Crippen molar-refractivity contribution in [1.29, 1.82) is 0 Å². The molecule has 3 rings (SSSR count). The van der Waals surface area contributed by atoms with Crippen molar-refractivity contribution < 1.29 is 14.8 Å². The predicted molar refractivity (Wildman–Crippen MR) is 75.5 cm³/mol. The molecular weight excluding hydrogens is 274 g/mol. The zero-order chi connectivity index (χ0) is 15.0. The molecule has 0 aliphatic heterocycles. The van der Waals surface area contributed by atoms with Crippen molar-refractivity contribution in [2.45, 2.75) is 25.7 Å². The van der Waals surface area contributed by atoms with E-state index in [1.165, 1.54) is 0 Å². The van der Waals surface area contributed by atoms with Crippen LogP contribution in [0, 0.1) is 22.0 Å². The van der Waals surface area contributed by atoms with Crippen molar-refractivity contribution >= 4 is 17.5 Å². The van der Waals surface area contributed by atoms with E-state index in [1.807, 2.05) is 4.90 Å². The highest BCUT2D eigenvalue weighted by atomic mass is 16.6. The van der Waals surface area contributed by atoms with Gasteiger partial charge in [-0.2, -0.15) is 0 Å². The number of carboxylic acid groups (broad SMARTS) is 1. The summed E-state index contributed by atoms with van der Waals surface area (Å²) < 4.78 is 0. The van der Waals surface area contributed by atoms with Crippen molar-refractivity contribution in [3.63, 3.8) is 0 Å². The maximum atomic E-state index is 11.4. The monoisotopic (exact) mass is 291 g/mol. The topological polar surface area (TPSA) is 96.6 Å². The van der Waals surface area contributed by atoms with Crippen molar-refractivity contribution in [1.82, 2.24) is 4.98 Å². The molecule has 0 bridgehead atoms. The first-order chi connectivity index (χ1) is 10.0. The molecule has 0 aromatic carbocycles. The lowest BCUT2D eigenvalue weighted by Crippen LogP contribution is -2.30. The number of carboxylic acids is 1. The number of carbonyl (C=O) groups is 1. The summed E-state index contributed by atoms with van der Waals surface area (Å²) in [6.07, 6.45) is 5.80. The standard InChI is InChI=1S/C14H17N3O4/c18-14(19)12-5-11(17(20)21)6-15-13(12)16(7-9-1-2-9)8-10-3-4-10/h5-6,9-10H,1-4,7-8H2,(H,18,19). The largest absolute Gasteiger partial charge is 0.478 e.